The van der Waals surface area contributed by atoms with Gasteiger partial charge in [0, 0.05) is 12.7 Å². The number of piperidine rings is 1. The second-order valence-electron chi connectivity index (χ2n) is 5.76. The van der Waals surface area contributed by atoms with Gasteiger partial charge in [-0.1, -0.05) is 6.07 Å². The van der Waals surface area contributed by atoms with Crippen LogP contribution in [0.15, 0.2) is 30.6 Å². The number of aliphatic hydroxyl groups excluding tert-OH is 1. The Morgan fingerprint density at radius 1 is 1.45 bits per heavy atom. The Morgan fingerprint density at radius 3 is 2.95 bits per heavy atom. The van der Waals surface area contributed by atoms with Gasteiger partial charge in [0.25, 0.3) is 0 Å². The van der Waals surface area contributed by atoms with Crippen molar-refractivity contribution in [3.63, 3.8) is 0 Å². The summed E-state index contributed by atoms with van der Waals surface area (Å²) in [6.45, 7) is 2.55. The van der Waals surface area contributed by atoms with Crippen LogP contribution in [0.25, 0.3) is 5.65 Å². The Bertz CT molecular complexity index is 647. The zero-order valence-corrected chi connectivity index (χ0v) is 12.7. The first-order valence-corrected chi connectivity index (χ1v) is 7.58. The van der Waals surface area contributed by atoms with Gasteiger partial charge in [-0.05, 0) is 44.0 Å². The first kappa shape index (κ1) is 15.0. The molecule has 118 valence electrons. The smallest absolute Gasteiger partial charge is 0.334 e. The molecular formula is C16H21N3O3. The van der Waals surface area contributed by atoms with Crippen molar-refractivity contribution in [1.29, 1.82) is 0 Å². The lowest BCUT2D eigenvalue weighted by Gasteiger charge is -2.33. The molecule has 1 atom stereocenters. The molecule has 3 rings (SSSR count). The first-order valence-electron chi connectivity index (χ1n) is 7.58. The number of aromatic nitrogens is 2. The van der Waals surface area contributed by atoms with Gasteiger partial charge in [0.2, 0.25) is 0 Å². The van der Waals surface area contributed by atoms with Gasteiger partial charge in [-0.3, -0.25) is 4.90 Å². The van der Waals surface area contributed by atoms with Gasteiger partial charge in [-0.2, -0.15) is 0 Å². The molecule has 3 heterocycles. The van der Waals surface area contributed by atoms with Gasteiger partial charge < -0.3 is 14.2 Å². The molecule has 6 heteroatoms. The molecule has 0 radical (unpaired) electrons. The third-order valence-corrected chi connectivity index (χ3v) is 4.40. The number of methoxy groups -OCH3 is 1. The number of imidazole rings is 1. The van der Waals surface area contributed by atoms with E-state index >= 15 is 0 Å². The second kappa shape index (κ2) is 6.46. The molecule has 1 N–H and O–H groups in total. The van der Waals surface area contributed by atoms with Crippen molar-refractivity contribution < 1.29 is 14.6 Å². The summed E-state index contributed by atoms with van der Waals surface area (Å²) in [7, 11) is 1.31. The van der Waals surface area contributed by atoms with E-state index in [0.29, 0.717) is 0 Å². The van der Waals surface area contributed by atoms with Crippen LogP contribution in [0.4, 0.5) is 0 Å². The zero-order valence-electron chi connectivity index (χ0n) is 12.7. The molecule has 1 saturated heterocycles. The number of pyridine rings is 1. The Kier molecular flexibility index (Phi) is 4.40. The molecule has 1 aliphatic heterocycles. The van der Waals surface area contributed by atoms with E-state index in [1.54, 1.807) is 0 Å². The molecule has 0 aromatic carbocycles. The number of carbonyl (C=O) groups is 1. The van der Waals surface area contributed by atoms with Crippen molar-refractivity contribution in [1.82, 2.24) is 14.3 Å². The maximum atomic E-state index is 11.4. The third kappa shape index (κ3) is 2.98. The topological polar surface area (TPSA) is 67.1 Å². The SMILES string of the molecule is COC(=O)C(O)C1CCN(Cc2cnc3ccccn23)CC1. The number of fused-ring (bicyclic) bond motifs is 1. The van der Waals surface area contributed by atoms with Gasteiger partial charge in [-0.15, -0.1) is 0 Å². The van der Waals surface area contributed by atoms with Crippen LogP contribution in [-0.4, -0.2) is 51.7 Å². The van der Waals surface area contributed by atoms with E-state index in [9.17, 15) is 9.90 Å². The van der Waals surface area contributed by atoms with Crippen molar-refractivity contribution >= 4 is 11.6 Å². The lowest BCUT2D eigenvalue weighted by molar-refractivity contribution is -0.154. The van der Waals surface area contributed by atoms with E-state index in [-0.39, 0.29) is 5.92 Å². The number of rotatable bonds is 4. The molecule has 2 aromatic heterocycles. The number of hydrogen-bond donors (Lipinski definition) is 1. The van der Waals surface area contributed by atoms with Crippen LogP contribution in [0.2, 0.25) is 0 Å². The summed E-state index contributed by atoms with van der Waals surface area (Å²) in [5.74, 6) is -0.536. The van der Waals surface area contributed by atoms with Gasteiger partial charge in [0.1, 0.15) is 5.65 Å². The molecule has 1 aliphatic rings. The monoisotopic (exact) mass is 303 g/mol. The number of likely N-dealkylation sites (tertiary alicyclic amines) is 1. The highest BCUT2D eigenvalue weighted by Crippen LogP contribution is 2.23. The highest BCUT2D eigenvalue weighted by Gasteiger charge is 2.30. The van der Waals surface area contributed by atoms with Gasteiger partial charge in [0.05, 0.1) is 19.0 Å². The summed E-state index contributed by atoms with van der Waals surface area (Å²) in [5.41, 5.74) is 2.11. The summed E-state index contributed by atoms with van der Waals surface area (Å²) in [5, 5.41) is 9.92. The number of ether oxygens (including phenoxy) is 1. The van der Waals surface area contributed by atoms with Crippen LogP contribution >= 0.6 is 0 Å². The largest absolute Gasteiger partial charge is 0.467 e. The quantitative estimate of drug-likeness (QED) is 0.856. The Hall–Kier alpha value is -1.92. The van der Waals surface area contributed by atoms with Crippen LogP contribution in [0.3, 0.4) is 0 Å². The lowest BCUT2D eigenvalue weighted by atomic mass is 9.91. The van der Waals surface area contributed by atoms with E-state index in [4.69, 9.17) is 0 Å². The van der Waals surface area contributed by atoms with Gasteiger partial charge >= 0.3 is 5.97 Å². The Labute approximate surface area is 129 Å². The minimum absolute atomic E-state index is 0.00844. The van der Waals surface area contributed by atoms with E-state index in [0.717, 1.165) is 43.8 Å². The summed E-state index contributed by atoms with van der Waals surface area (Å²) < 4.78 is 6.70. The Balaban J connectivity index is 1.59. The fourth-order valence-electron chi connectivity index (χ4n) is 3.07. The number of hydrogen-bond acceptors (Lipinski definition) is 5. The third-order valence-electron chi connectivity index (χ3n) is 4.40. The van der Waals surface area contributed by atoms with E-state index in [1.165, 1.54) is 7.11 Å². The normalized spacial score (nSPS) is 18.5. The van der Waals surface area contributed by atoms with Crippen molar-refractivity contribution in [3.8, 4) is 0 Å². The molecule has 0 amide bonds. The summed E-state index contributed by atoms with van der Waals surface area (Å²) in [6.07, 6.45) is 4.53. The maximum absolute atomic E-state index is 11.4. The second-order valence-corrected chi connectivity index (χ2v) is 5.76. The minimum Gasteiger partial charge on any atom is -0.467 e. The highest BCUT2D eigenvalue weighted by molar-refractivity contribution is 5.74. The van der Waals surface area contributed by atoms with Crippen LogP contribution in [0.1, 0.15) is 18.5 Å². The molecule has 1 fully saturated rings. The Morgan fingerprint density at radius 2 is 2.23 bits per heavy atom. The first-order chi connectivity index (χ1) is 10.7. The van der Waals surface area contributed by atoms with Crippen molar-refractivity contribution in [2.24, 2.45) is 5.92 Å². The molecule has 6 nitrogen and oxygen atoms in total. The zero-order chi connectivity index (χ0) is 15.5. The van der Waals surface area contributed by atoms with Gasteiger partial charge in [0.15, 0.2) is 6.10 Å². The van der Waals surface area contributed by atoms with Crippen molar-refractivity contribution in [2.45, 2.75) is 25.5 Å². The fraction of sp³-hybridized carbons (Fsp3) is 0.500. The average molecular weight is 303 g/mol. The molecule has 0 bridgehead atoms. The van der Waals surface area contributed by atoms with E-state index in [2.05, 4.69) is 19.0 Å². The predicted octanol–water partition coefficient (Wildman–Crippen LogP) is 1.08. The maximum Gasteiger partial charge on any atom is 0.334 e. The predicted molar refractivity (Wildman–Crippen MR) is 81.2 cm³/mol. The standard InChI is InChI=1S/C16H21N3O3/c1-22-16(21)15(20)12-5-8-18(9-6-12)11-13-10-17-14-4-2-3-7-19(13)14/h2-4,7,10,12,15,20H,5-6,8-9,11H2,1H3. The highest BCUT2D eigenvalue weighted by atomic mass is 16.5. The number of aliphatic hydroxyl groups is 1. The molecule has 22 heavy (non-hydrogen) atoms. The molecule has 2 aromatic rings. The van der Waals surface area contributed by atoms with Crippen LogP contribution < -0.4 is 0 Å². The van der Waals surface area contributed by atoms with Crippen molar-refractivity contribution in [3.05, 3.63) is 36.3 Å². The summed E-state index contributed by atoms with van der Waals surface area (Å²) in [6, 6.07) is 5.96. The average Bonchev–Trinajstić information content (AvgIpc) is 2.97. The number of carbonyl (C=O) groups excluding carboxylic acids is 1. The fourth-order valence-corrected chi connectivity index (χ4v) is 3.07. The molecule has 1 unspecified atom stereocenters. The minimum atomic E-state index is -0.997. The molecule has 0 saturated carbocycles. The van der Waals surface area contributed by atoms with Crippen LogP contribution in [0, 0.1) is 5.92 Å². The molecule has 0 aliphatic carbocycles. The van der Waals surface area contributed by atoms with Crippen molar-refractivity contribution in [2.75, 3.05) is 20.2 Å². The molecule has 0 spiro atoms. The van der Waals surface area contributed by atoms with E-state index < -0.39 is 12.1 Å². The summed E-state index contributed by atoms with van der Waals surface area (Å²) >= 11 is 0. The van der Waals surface area contributed by atoms with Crippen LogP contribution in [0.5, 0.6) is 0 Å². The number of nitrogens with zero attached hydrogens (tertiary/aromatic N) is 3. The molecular weight excluding hydrogens is 282 g/mol. The number of esters is 1. The van der Waals surface area contributed by atoms with Gasteiger partial charge in [-0.25, -0.2) is 9.78 Å². The van der Waals surface area contributed by atoms with E-state index in [1.807, 2.05) is 30.6 Å². The van der Waals surface area contributed by atoms with Crippen LogP contribution in [-0.2, 0) is 16.1 Å². The summed E-state index contributed by atoms with van der Waals surface area (Å²) in [4.78, 5) is 18.1. The lowest BCUT2D eigenvalue weighted by Crippen LogP contribution is -2.40.